The summed E-state index contributed by atoms with van der Waals surface area (Å²) in [5.41, 5.74) is 1.43. The molecule has 0 bridgehead atoms. The van der Waals surface area contributed by atoms with Crippen LogP contribution in [-0.2, 0) is 4.79 Å². The number of amides is 2. The quantitative estimate of drug-likeness (QED) is 0.791. The summed E-state index contributed by atoms with van der Waals surface area (Å²) in [6, 6.07) is 15.2. The molecule has 0 aliphatic heterocycles. The second-order valence-electron chi connectivity index (χ2n) is 4.74. The first-order chi connectivity index (χ1) is 10.6. The maximum Gasteiger partial charge on any atom is 0.257 e. The fourth-order valence-corrected chi connectivity index (χ4v) is 2.00. The zero-order valence-corrected chi connectivity index (χ0v) is 12.2. The van der Waals surface area contributed by atoms with Gasteiger partial charge in [0.25, 0.3) is 11.8 Å². The van der Waals surface area contributed by atoms with Gasteiger partial charge in [0.2, 0.25) is 0 Å². The molecule has 0 radical (unpaired) electrons. The summed E-state index contributed by atoms with van der Waals surface area (Å²) in [5, 5.41) is 15.3. The monoisotopic (exact) mass is 298 g/mol. The number of hydrogen-bond donors (Lipinski definition) is 3. The van der Waals surface area contributed by atoms with Gasteiger partial charge in [-0.15, -0.1) is 0 Å². The van der Waals surface area contributed by atoms with Crippen molar-refractivity contribution in [3.05, 3.63) is 65.7 Å². The predicted octanol–water partition coefficient (Wildman–Crippen LogP) is 2.11. The fraction of sp³-hybridized carbons (Fsp3) is 0.176. The zero-order valence-electron chi connectivity index (χ0n) is 12.2. The van der Waals surface area contributed by atoms with Gasteiger partial charge in [0.15, 0.2) is 6.10 Å². The highest BCUT2D eigenvalue weighted by molar-refractivity contribution is 5.98. The van der Waals surface area contributed by atoms with Crippen LogP contribution in [0.5, 0.6) is 0 Å². The average molecular weight is 298 g/mol. The molecule has 0 fully saturated rings. The van der Waals surface area contributed by atoms with E-state index in [1.54, 1.807) is 48.5 Å². The molecular weight excluding hydrogens is 280 g/mol. The van der Waals surface area contributed by atoms with Crippen LogP contribution in [0.25, 0.3) is 0 Å². The van der Waals surface area contributed by atoms with Gasteiger partial charge in [0.05, 0.1) is 0 Å². The molecule has 2 rings (SSSR count). The lowest BCUT2D eigenvalue weighted by atomic mass is 10.1. The lowest BCUT2D eigenvalue weighted by molar-refractivity contribution is -0.124. The van der Waals surface area contributed by atoms with Crippen LogP contribution in [0.2, 0.25) is 0 Å². The third kappa shape index (κ3) is 3.93. The molecule has 5 heteroatoms. The second kappa shape index (κ2) is 7.38. The van der Waals surface area contributed by atoms with Crippen LogP contribution in [0.3, 0.4) is 0 Å². The Hall–Kier alpha value is -2.66. The third-order valence-corrected chi connectivity index (χ3v) is 3.09. The first-order valence-electron chi connectivity index (χ1n) is 7.04. The molecular formula is C17H18N2O3. The number of rotatable bonds is 5. The van der Waals surface area contributed by atoms with Gasteiger partial charge in [0, 0.05) is 17.8 Å². The lowest BCUT2D eigenvalue weighted by Crippen LogP contribution is -2.23. The second-order valence-corrected chi connectivity index (χ2v) is 4.74. The first kappa shape index (κ1) is 15.7. The van der Waals surface area contributed by atoms with Gasteiger partial charge in [0.1, 0.15) is 0 Å². The van der Waals surface area contributed by atoms with Gasteiger partial charge in [-0.25, -0.2) is 0 Å². The predicted molar refractivity (Wildman–Crippen MR) is 84.5 cm³/mol. The Morgan fingerprint density at radius 1 is 1.09 bits per heavy atom. The number of carbonyl (C=O) groups excluding carboxylic acids is 2. The number of hydrogen-bond acceptors (Lipinski definition) is 3. The minimum atomic E-state index is -1.26. The van der Waals surface area contributed by atoms with Crippen molar-refractivity contribution in [3.8, 4) is 0 Å². The lowest BCUT2D eigenvalue weighted by Gasteiger charge is -2.12. The minimum absolute atomic E-state index is 0.206. The highest BCUT2D eigenvalue weighted by atomic mass is 16.3. The molecule has 0 aliphatic rings. The smallest absolute Gasteiger partial charge is 0.257 e. The summed E-state index contributed by atoms with van der Waals surface area (Å²) in [5.74, 6) is -0.749. The molecule has 0 saturated heterocycles. The number of benzene rings is 2. The average Bonchev–Trinajstić information content (AvgIpc) is 2.55. The van der Waals surface area contributed by atoms with Gasteiger partial charge >= 0.3 is 0 Å². The Labute approximate surface area is 129 Å². The summed E-state index contributed by atoms with van der Waals surface area (Å²) in [6.45, 7) is 2.36. The van der Waals surface area contributed by atoms with Crippen LogP contribution in [0.15, 0.2) is 54.6 Å². The molecule has 0 aromatic heterocycles. The van der Waals surface area contributed by atoms with E-state index < -0.39 is 12.0 Å². The summed E-state index contributed by atoms with van der Waals surface area (Å²) in [7, 11) is 0. The Balaban J connectivity index is 2.09. The van der Waals surface area contributed by atoms with Crippen molar-refractivity contribution in [1.29, 1.82) is 0 Å². The van der Waals surface area contributed by atoms with E-state index in [1.165, 1.54) is 0 Å². The number of anilines is 1. The molecule has 22 heavy (non-hydrogen) atoms. The molecule has 2 aromatic rings. The highest BCUT2D eigenvalue weighted by Gasteiger charge is 2.17. The Bertz CT molecular complexity index is 656. The molecule has 3 N–H and O–H groups in total. The van der Waals surface area contributed by atoms with E-state index in [9.17, 15) is 14.7 Å². The molecule has 0 heterocycles. The van der Waals surface area contributed by atoms with Crippen molar-refractivity contribution in [2.24, 2.45) is 0 Å². The van der Waals surface area contributed by atoms with Gasteiger partial charge < -0.3 is 15.7 Å². The van der Waals surface area contributed by atoms with E-state index in [2.05, 4.69) is 10.6 Å². The standard InChI is InChI=1S/C17H18N2O3/c1-2-18-16(21)13-9-6-10-14(11-13)19-17(22)15(20)12-7-4-3-5-8-12/h3-11,15,20H,2H2,1H3,(H,18,21)(H,19,22). The van der Waals surface area contributed by atoms with Crippen LogP contribution in [0, 0.1) is 0 Å². The van der Waals surface area contributed by atoms with Crippen LogP contribution in [-0.4, -0.2) is 23.5 Å². The largest absolute Gasteiger partial charge is 0.378 e. The van der Waals surface area contributed by atoms with Crippen molar-refractivity contribution < 1.29 is 14.7 Å². The normalized spacial score (nSPS) is 11.5. The molecule has 114 valence electrons. The topological polar surface area (TPSA) is 78.4 Å². The Morgan fingerprint density at radius 2 is 1.82 bits per heavy atom. The number of aliphatic hydroxyl groups excluding tert-OH is 1. The molecule has 1 unspecified atom stereocenters. The Kier molecular flexibility index (Phi) is 5.27. The van der Waals surface area contributed by atoms with Crippen molar-refractivity contribution in [2.45, 2.75) is 13.0 Å². The minimum Gasteiger partial charge on any atom is -0.378 e. The first-order valence-corrected chi connectivity index (χ1v) is 7.04. The van der Waals surface area contributed by atoms with Crippen molar-refractivity contribution in [2.75, 3.05) is 11.9 Å². The van der Waals surface area contributed by atoms with Gasteiger partial charge in [-0.1, -0.05) is 36.4 Å². The summed E-state index contributed by atoms with van der Waals surface area (Å²) < 4.78 is 0. The van der Waals surface area contributed by atoms with Crippen molar-refractivity contribution in [3.63, 3.8) is 0 Å². The van der Waals surface area contributed by atoms with Crippen LogP contribution in [0.1, 0.15) is 28.9 Å². The van der Waals surface area contributed by atoms with Crippen LogP contribution >= 0.6 is 0 Å². The molecule has 2 aromatic carbocycles. The van der Waals surface area contributed by atoms with E-state index in [1.807, 2.05) is 13.0 Å². The maximum absolute atomic E-state index is 12.1. The van der Waals surface area contributed by atoms with E-state index in [0.29, 0.717) is 23.4 Å². The maximum atomic E-state index is 12.1. The van der Waals surface area contributed by atoms with Gasteiger partial charge in [-0.3, -0.25) is 9.59 Å². The molecule has 0 aliphatic carbocycles. The number of nitrogens with one attached hydrogen (secondary N) is 2. The molecule has 1 atom stereocenters. The summed E-state index contributed by atoms with van der Waals surface area (Å²) >= 11 is 0. The Morgan fingerprint density at radius 3 is 2.50 bits per heavy atom. The van der Waals surface area contributed by atoms with Crippen LogP contribution in [0.4, 0.5) is 5.69 Å². The number of carbonyl (C=O) groups is 2. The fourth-order valence-electron chi connectivity index (χ4n) is 2.00. The SMILES string of the molecule is CCNC(=O)c1cccc(NC(=O)C(O)c2ccccc2)c1. The van der Waals surface area contributed by atoms with Crippen molar-refractivity contribution >= 4 is 17.5 Å². The van der Waals surface area contributed by atoms with Crippen molar-refractivity contribution in [1.82, 2.24) is 5.32 Å². The summed E-state index contributed by atoms with van der Waals surface area (Å²) in [4.78, 5) is 23.8. The van der Waals surface area contributed by atoms with E-state index in [4.69, 9.17) is 0 Å². The van der Waals surface area contributed by atoms with Gasteiger partial charge in [-0.2, -0.15) is 0 Å². The number of aliphatic hydroxyl groups is 1. The van der Waals surface area contributed by atoms with Crippen LogP contribution < -0.4 is 10.6 Å². The molecule has 0 saturated carbocycles. The van der Waals surface area contributed by atoms with E-state index in [0.717, 1.165) is 0 Å². The zero-order chi connectivity index (χ0) is 15.9. The molecule has 2 amide bonds. The van der Waals surface area contributed by atoms with E-state index >= 15 is 0 Å². The molecule has 5 nitrogen and oxygen atoms in total. The molecule has 0 spiro atoms. The highest BCUT2D eigenvalue weighted by Crippen LogP contribution is 2.16. The van der Waals surface area contributed by atoms with Gasteiger partial charge in [-0.05, 0) is 30.7 Å². The van der Waals surface area contributed by atoms with E-state index in [-0.39, 0.29) is 5.91 Å². The third-order valence-electron chi connectivity index (χ3n) is 3.09. The summed E-state index contributed by atoms with van der Waals surface area (Å²) in [6.07, 6.45) is -1.26.